The summed E-state index contributed by atoms with van der Waals surface area (Å²) in [4.78, 5) is 20.6. The molecule has 0 bridgehead atoms. The molecule has 4 aromatic rings. The van der Waals surface area contributed by atoms with Crippen LogP contribution >= 0.6 is 0 Å². The summed E-state index contributed by atoms with van der Waals surface area (Å²) in [7, 11) is 0. The van der Waals surface area contributed by atoms with Crippen molar-refractivity contribution in [2.45, 2.75) is 64.2 Å². The largest absolute Gasteiger partial charge is 0.462 e. The molecule has 0 fully saturated rings. The van der Waals surface area contributed by atoms with E-state index < -0.39 is 29.1 Å². The Labute approximate surface area is 273 Å². The lowest BCUT2D eigenvalue weighted by atomic mass is 9.83. The molecule has 0 aliphatic carbocycles. The topological polar surface area (TPSA) is 66.5 Å². The van der Waals surface area contributed by atoms with Gasteiger partial charge >= 0.3 is 5.97 Å². The van der Waals surface area contributed by atoms with E-state index in [1.807, 2.05) is 63.2 Å². The van der Waals surface area contributed by atoms with Gasteiger partial charge in [0.25, 0.3) is 5.97 Å². The van der Waals surface area contributed by atoms with E-state index in [2.05, 4.69) is 91.7 Å². The molecule has 242 valence electrons. The van der Waals surface area contributed by atoms with E-state index in [1.165, 1.54) is 0 Å². The maximum atomic E-state index is 13.4. The number of ether oxygens (including phenoxy) is 4. The van der Waals surface area contributed by atoms with E-state index in [-0.39, 0.29) is 13.0 Å². The molecule has 0 saturated carbocycles. The van der Waals surface area contributed by atoms with Crippen molar-refractivity contribution >= 4 is 5.97 Å². The third kappa shape index (κ3) is 6.52. The number of rotatable bonds is 15. The second kappa shape index (κ2) is 14.7. The number of hydrogen-bond acceptors (Lipinski definition) is 7. The lowest BCUT2D eigenvalue weighted by Gasteiger charge is -2.45. The Morgan fingerprint density at radius 3 is 1.50 bits per heavy atom. The van der Waals surface area contributed by atoms with E-state index in [0.29, 0.717) is 19.8 Å². The van der Waals surface area contributed by atoms with Crippen LogP contribution in [0, 0.1) is 0 Å². The number of carbonyl (C=O) groups excluding carboxylic acids is 1. The summed E-state index contributed by atoms with van der Waals surface area (Å²) in [5.41, 5.74) is 3.96. The summed E-state index contributed by atoms with van der Waals surface area (Å²) < 4.78 is 23.3. The highest BCUT2D eigenvalue weighted by atomic mass is 16.9. The summed E-state index contributed by atoms with van der Waals surface area (Å²) in [5.74, 6) is -2.02. The average molecular weight is 624 g/mol. The normalized spacial score (nSPS) is 20.3. The van der Waals surface area contributed by atoms with Crippen molar-refractivity contribution in [2.24, 2.45) is 0 Å². The van der Waals surface area contributed by atoms with Crippen LogP contribution in [0.5, 0.6) is 0 Å². The van der Waals surface area contributed by atoms with Crippen LogP contribution in [0.25, 0.3) is 0 Å². The molecular formula is C39H45NO6. The van der Waals surface area contributed by atoms with Gasteiger partial charge in [0.2, 0.25) is 0 Å². The molecule has 7 heteroatoms. The van der Waals surface area contributed by atoms with Crippen LogP contribution in [0.2, 0.25) is 0 Å². The average Bonchev–Trinajstić information content (AvgIpc) is 3.28. The van der Waals surface area contributed by atoms with Gasteiger partial charge in [0.05, 0.1) is 11.1 Å². The number of carbonyl (C=O) groups is 1. The monoisotopic (exact) mass is 623 g/mol. The number of fused-ring (bicyclic) bond motifs is 1. The van der Waals surface area contributed by atoms with E-state index in [1.54, 1.807) is 0 Å². The molecule has 0 aromatic heterocycles. The van der Waals surface area contributed by atoms with E-state index in [0.717, 1.165) is 27.8 Å². The minimum absolute atomic E-state index is 0.0358. The predicted molar refractivity (Wildman–Crippen MR) is 178 cm³/mol. The van der Waals surface area contributed by atoms with Crippen molar-refractivity contribution in [3.05, 3.63) is 143 Å². The van der Waals surface area contributed by atoms with E-state index >= 15 is 0 Å². The van der Waals surface area contributed by atoms with Crippen molar-refractivity contribution < 1.29 is 28.6 Å². The quantitative estimate of drug-likeness (QED) is 0.0985. The van der Waals surface area contributed by atoms with Crippen LogP contribution in [0.1, 0.15) is 75.0 Å². The Bertz CT molecular complexity index is 1460. The van der Waals surface area contributed by atoms with Crippen molar-refractivity contribution in [1.82, 2.24) is 5.06 Å². The zero-order valence-corrected chi connectivity index (χ0v) is 27.5. The number of benzene rings is 4. The molecule has 3 atom stereocenters. The molecule has 3 unspecified atom stereocenters. The fraction of sp³-hybridized carbons (Fsp3) is 0.359. The first-order valence-electron chi connectivity index (χ1n) is 16.1. The number of esters is 1. The maximum Gasteiger partial charge on any atom is 0.314 e. The Hall–Kier alpha value is -3.85. The summed E-state index contributed by atoms with van der Waals surface area (Å²) in [5, 5.41) is 2.10. The number of hydrogen-bond donors (Lipinski definition) is 0. The molecule has 0 radical (unpaired) electrons. The summed E-state index contributed by atoms with van der Waals surface area (Å²) in [6, 6.07) is 39.2. The molecular weight excluding hydrogens is 578 g/mol. The van der Waals surface area contributed by atoms with Gasteiger partial charge in [-0.15, -0.1) is 0 Å². The van der Waals surface area contributed by atoms with Gasteiger partial charge in [-0.1, -0.05) is 115 Å². The zero-order chi connectivity index (χ0) is 32.6. The molecule has 1 aliphatic heterocycles. The Morgan fingerprint density at radius 1 is 0.652 bits per heavy atom. The van der Waals surface area contributed by atoms with Crippen molar-refractivity contribution in [3.63, 3.8) is 0 Å². The molecule has 5 rings (SSSR count). The lowest BCUT2D eigenvalue weighted by molar-refractivity contribution is -0.376. The molecule has 7 nitrogen and oxygen atoms in total. The fourth-order valence-corrected chi connectivity index (χ4v) is 6.60. The molecule has 4 aromatic carbocycles. The van der Waals surface area contributed by atoms with Gasteiger partial charge in [0.15, 0.2) is 0 Å². The highest BCUT2D eigenvalue weighted by molar-refractivity contribution is 5.70. The van der Waals surface area contributed by atoms with Gasteiger partial charge in [-0.3, -0.25) is 9.63 Å². The van der Waals surface area contributed by atoms with Crippen molar-refractivity contribution in [1.29, 1.82) is 0 Å². The first-order chi connectivity index (χ1) is 22.3. The minimum atomic E-state index is -1.51. The fourth-order valence-electron chi connectivity index (χ4n) is 6.60. The van der Waals surface area contributed by atoms with Crippen LogP contribution in [-0.4, -0.2) is 43.4 Å². The van der Waals surface area contributed by atoms with Crippen LogP contribution in [0.3, 0.4) is 0 Å². The zero-order valence-electron chi connectivity index (χ0n) is 27.5. The molecule has 0 amide bonds. The van der Waals surface area contributed by atoms with Gasteiger partial charge in [0, 0.05) is 19.8 Å². The molecule has 1 aliphatic rings. The number of hydroxylamine groups is 2. The highest BCUT2D eigenvalue weighted by Crippen LogP contribution is 2.56. The summed E-state index contributed by atoms with van der Waals surface area (Å²) in [6.07, 6.45) is -0.853. The third-order valence-electron chi connectivity index (χ3n) is 8.71. The van der Waals surface area contributed by atoms with Gasteiger partial charge in [-0.05, 0) is 62.4 Å². The predicted octanol–water partition coefficient (Wildman–Crippen LogP) is 7.90. The Balaban J connectivity index is 1.55. The maximum absolute atomic E-state index is 13.4. The molecule has 0 saturated heterocycles. The van der Waals surface area contributed by atoms with Crippen LogP contribution in [0.4, 0.5) is 0 Å². The van der Waals surface area contributed by atoms with Crippen LogP contribution in [-0.2, 0) is 39.7 Å². The van der Waals surface area contributed by atoms with Gasteiger partial charge < -0.3 is 18.9 Å². The van der Waals surface area contributed by atoms with Gasteiger partial charge in [0.1, 0.15) is 19.1 Å². The Morgan fingerprint density at radius 2 is 1.07 bits per heavy atom. The molecule has 0 spiro atoms. The van der Waals surface area contributed by atoms with Gasteiger partial charge in [-0.2, -0.15) is 5.06 Å². The standard InChI is InChI=1S/C39H45NO6/c1-6-43-39(44-7-2,45-8-3)28-36(41)42-29-35(30-20-12-9-13-21-30)46-40-37(4,31-22-14-10-15-23-31)33-26-18-19-27-34(33)38(40,5)32-24-16-11-17-25-32/h9-27,35H,6-8,28-29H2,1-5H3. The molecule has 0 N–H and O–H groups in total. The van der Waals surface area contributed by atoms with Crippen molar-refractivity contribution in [2.75, 3.05) is 26.4 Å². The first-order valence-corrected chi connectivity index (χ1v) is 16.1. The van der Waals surface area contributed by atoms with Crippen LogP contribution in [0.15, 0.2) is 115 Å². The van der Waals surface area contributed by atoms with E-state index in [4.69, 9.17) is 23.8 Å². The van der Waals surface area contributed by atoms with Crippen LogP contribution < -0.4 is 0 Å². The number of nitrogens with zero attached hydrogens (tertiary/aromatic N) is 1. The highest BCUT2D eigenvalue weighted by Gasteiger charge is 2.57. The summed E-state index contributed by atoms with van der Waals surface area (Å²) >= 11 is 0. The minimum Gasteiger partial charge on any atom is -0.462 e. The van der Waals surface area contributed by atoms with Crippen molar-refractivity contribution in [3.8, 4) is 0 Å². The molecule has 46 heavy (non-hydrogen) atoms. The molecule has 1 heterocycles. The summed E-state index contributed by atoms with van der Waals surface area (Å²) in [6.45, 7) is 10.8. The lowest BCUT2D eigenvalue weighted by Crippen LogP contribution is -2.50. The smallest absolute Gasteiger partial charge is 0.314 e. The van der Waals surface area contributed by atoms with Gasteiger partial charge in [-0.25, -0.2) is 0 Å². The SMILES string of the molecule is CCOC(CC(=O)OCC(ON1C(C)(c2ccccc2)c2ccccc2C1(C)c1ccccc1)c1ccccc1)(OCC)OCC. The second-order valence-electron chi connectivity index (χ2n) is 11.6. The first kappa shape index (κ1) is 33.5. The second-order valence-corrected chi connectivity index (χ2v) is 11.6. The Kier molecular flexibility index (Phi) is 10.7. The van der Waals surface area contributed by atoms with E-state index in [9.17, 15) is 4.79 Å². The third-order valence-corrected chi connectivity index (χ3v) is 8.71.